The van der Waals surface area contributed by atoms with Gasteiger partial charge in [-0.25, -0.2) is 4.79 Å². The molecule has 1 aliphatic rings. The molecule has 2 aromatic rings. The molecular weight excluding hydrogens is 250 g/mol. The van der Waals surface area contributed by atoms with Crippen LogP contribution in [0.3, 0.4) is 0 Å². The molecule has 1 aromatic carbocycles. The van der Waals surface area contributed by atoms with E-state index >= 15 is 0 Å². The van der Waals surface area contributed by atoms with Gasteiger partial charge in [0, 0.05) is 12.6 Å². The lowest BCUT2D eigenvalue weighted by molar-refractivity contribution is 0.174. The summed E-state index contributed by atoms with van der Waals surface area (Å²) in [5.74, 6) is 1.77. The zero-order chi connectivity index (χ0) is 13.1. The monoisotopic (exact) mass is 261 g/mol. The normalized spacial score (nSPS) is 12.2. The molecule has 2 N–H and O–H groups in total. The molecule has 19 heavy (non-hydrogen) atoms. The third-order valence-corrected chi connectivity index (χ3v) is 2.57. The Hall–Kier alpha value is -2.70. The van der Waals surface area contributed by atoms with Gasteiger partial charge in [-0.15, -0.1) is 0 Å². The quantitative estimate of drug-likeness (QED) is 0.878. The van der Waals surface area contributed by atoms with Gasteiger partial charge >= 0.3 is 6.03 Å². The van der Waals surface area contributed by atoms with E-state index in [1.54, 1.807) is 6.07 Å². The second kappa shape index (κ2) is 4.89. The first-order chi connectivity index (χ1) is 9.31. The number of anilines is 1. The minimum absolute atomic E-state index is 0.235. The molecule has 98 valence electrons. The fourth-order valence-corrected chi connectivity index (χ4v) is 1.67. The Morgan fingerprint density at radius 3 is 3.00 bits per heavy atom. The average molecular weight is 261 g/mol. The van der Waals surface area contributed by atoms with Gasteiger partial charge in [0.05, 0.1) is 0 Å². The van der Waals surface area contributed by atoms with Crippen LogP contribution in [0.15, 0.2) is 35.1 Å². The average Bonchev–Trinajstić information content (AvgIpc) is 3.06. The standard InChI is InChI=1S/C12H11N3O4/c16-12(14-11-3-4-19-15-11)13-6-8-1-2-9-10(5-8)18-7-17-9/h1-5H,6-7H2,(H2,13,14,15,16). The lowest BCUT2D eigenvalue weighted by Crippen LogP contribution is -2.28. The van der Waals surface area contributed by atoms with Gasteiger partial charge in [-0.1, -0.05) is 11.2 Å². The molecule has 0 saturated heterocycles. The van der Waals surface area contributed by atoms with Crippen molar-refractivity contribution in [1.29, 1.82) is 0 Å². The molecule has 1 aliphatic heterocycles. The van der Waals surface area contributed by atoms with Gasteiger partial charge in [0.25, 0.3) is 0 Å². The molecule has 0 aliphatic carbocycles. The van der Waals surface area contributed by atoms with Gasteiger partial charge in [0.2, 0.25) is 6.79 Å². The number of carbonyl (C=O) groups is 1. The molecule has 0 unspecified atom stereocenters. The maximum Gasteiger partial charge on any atom is 0.320 e. The van der Waals surface area contributed by atoms with E-state index in [-0.39, 0.29) is 12.8 Å². The van der Waals surface area contributed by atoms with Crippen LogP contribution in [0, 0.1) is 0 Å². The van der Waals surface area contributed by atoms with Crippen molar-refractivity contribution < 1.29 is 18.8 Å². The first kappa shape index (κ1) is 11.4. The third kappa shape index (κ3) is 2.59. The zero-order valence-electron chi connectivity index (χ0n) is 9.88. The van der Waals surface area contributed by atoms with Crippen LogP contribution in [0.5, 0.6) is 11.5 Å². The summed E-state index contributed by atoms with van der Waals surface area (Å²) >= 11 is 0. The number of ether oxygens (including phenoxy) is 2. The summed E-state index contributed by atoms with van der Waals surface area (Å²) in [5.41, 5.74) is 0.916. The predicted molar refractivity (Wildman–Crippen MR) is 64.9 cm³/mol. The van der Waals surface area contributed by atoms with E-state index in [0.717, 1.165) is 11.3 Å². The van der Waals surface area contributed by atoms with Crippen LogP contribution < -0.4 is 20.1 Å². The highest BCUT2D eigenvalue weighted by molar-refractivity contribution is 5.87. The molecule has 1 aromatic heterocycles. The first-order valence-electron chi connectivity index (χ1n) is 5.65. The maximum atomic E-state index is 11.6. The number of amides is 2. The highest BCUT2D eigenvalue weighted by atomic mass is 16.7. The molecule has 0 spiro atoms. The first-order valence-corrected chi connectivity index (χ1v) is 5.65. The molecule has 7 nitrogen and oxygen atoms in total. The van der Waals surface area contributed by atoms with E-state index in [4.69, 9.17) is 9.47 Å². The minimum Gasteiger partial charge on any atom is -0.454 e. The molecule has 0 saturated carbocycles. The Bertz CT molecular complexity index is 583. The molecule has 7 heteroatoms. The van der Waals surface area contributed by atoms with Crippen molar-refractivity contribution in [2.24, 2.45) is 0 Å². The van der Waals surface area contributed by atoms with Crippen LogP contribution in [0.1, 0.15) is 5.56 Å². The summed E-state index contributed by atoms with van der Waals surface area (Å²) < 4.78 is 15.1. The summed E-state index contributed by atoms with van der Waals surface area (Å²) in [6.07, 6.45) is 1.38. The Morgan fingerprint density at radius 1 is 1.26 bits per heavy atom. The van der Waals surface area contributed by atoms with Crippen molar-refractivity contribution in [2.45, 2.75) is 6.54 Å². The van der Waals surface area contributed by atoms with Gasteiger partial charge in [0.1, 0.15) is 6.26 Å². The SMILES string of the molecule is O=C(NCc1ccc2c(c1)OCO2)Nc1ccon1. The highest BCUT2D eigenvalue weighted by Gasteiger charge is 2.13. The number of nitrogens with zero attached hydrogens (tertiary/aromatic N) is 1. The molecule has 2 heterocycles. The summed E-state index contributed by atoms with van der Waals surface area (Å²) in [4.78, 5) is 11.6. The van der Waals surface area contributed by atoms with Crippen molar-refractivity contribution >= 4 is 11.8 Å². The number of benzene rings is 1. The van der Waals surface area contributed by atoms with Crippen molar-refractivity contribution in [3.05, 3.63) is 36.1 Å². The number of nitrogens with one attached hydrogen (secondary N) is 2. The van der Waals surface area contributed by atoms with Crippen molar-refractivity contribution in [2.75, 3.05) is 12.1 Å². The van der Waals surface area contributed by atoms with Gasteiger partial charge < -0.3 is 19.3 Å². The van der Waals surface area contributed by atoms with Crippen LogP contribution in [-0.2, 0) is 6.54 Å². The lowest BCUT2D eigenvalue weighted by atomic mass is 10.2. The van der Waals surface area contributed by atoms with Crippen molar-refractivity contribution in [3.8, 4) is 11.5 Å². The van der Waals surface area contributed by atoms with Gasteiger partial charge in [-0.3, -0.25) is 5.32 Å². The molecule has 0 atom stereocenters. The Labute approximate surface area is 108 Å². The lowest BCUT2D eigenvalue weighted by Gasteiger charge is -2.06. The highest BCUT2D eigenvalue weighted by Crippen LogP contribution is 2.32. The van der Waals surface area contributed by atoms with Crippen LogP contribution in [0.2, 0.25) is 0 Å². The molecular formula is C12H11N3O4. The van der Waals surface area contributed by atoms with Crippen LogP contribution >= 0.6 is 0 Å². The Morgan fingerprint density at radius 2 is 2.16 bits per heavy atom. The van der Waals surface area contributed by atoms with Crippen LogP contribution in [0.25, 0.3) is 0 Å². The van der Waals surface area contributed by atoms with E-state index in [0.29, 0.717) is 18.1 Å². The Kier molecular flexibility index (Phi) is 2.93. The number of hydrogen-bond acceptors (Lipinski definition) is 5. The summed E-state index contributed by atoms with van der Waals surface area (Å²) in [7, 11) is 0. The largest absolute Gasteiger partial charge is 0.454 e. The smallest absolute Gasteiger partial charge is 0.320 e. The van der Waals surface area contributed by atoms with Crippen LogP contribution in [0.4, 0.5) is 10.6 Å². The molecule has 3 rings (SSSR count). The predicted octanol–water partition coefficient (Wildman–Crippen LogP) is 1.72. The van der Waals surface area contributed by atoms with E-state index in [1.165, 1.54) is 6.26 Å². The van der Waals surface area contributed by atoms with E-state index in [9.17, 15) is 4.79 Å². The Balaban J connectivity index is 1.56. The second-order valence-corrected chi connectivity index (χ2v) is 3.88. The number of rotatable bonds is 3. The van der Waals surface area contributed by atoms with E-state index < -0.39 is 0 Å². The topological polar surface area (TPSA) is 85.6 Å². The van der Waals surface area contributed by atoms with E-state index in [1.807, 2.05) is 18.2 Å². The molecule has 2 amide bonds. The molecule has 0 fully saturated rings. The fourth-order valence-electron chi connectivity index (χ4n) is 1.67. The summed E-state index contributed by atoms with van der Waals surface area (Å²) in [5, 5.41) is 8.81. The fraction of sp³-hybridized carbons (Fsp3) is 0.167. The zero-order valence-corrected chi connectivity index (χ0v) is 9.88. The maximum absolute atomic E-state index is 11.6. The number of aromatic nitrogens is 1. The van der Waals surface area contributed by atoms with Gasteiger partial charge in [0.15, 0.2) is 17.3 Å². The number of urea groups is 1. The van der Waals surface area contributed by atoms with Crippen LogP contribution in [-0.4, -0.2) is 18.0 Å². The number of fused-ring (bicyclic) bond motifs is 1. The third-order valence-electron chi connectivity index (χ3n) is 2.57. The second-order valence-electron chi connectivity index (χ2n) is 3.88. The summed E-state index contributed by atoms with van der Waals surface area (Å²) in [6.45, 7) is 0.610. The minimum atomic E-state index is -0.355. The number of hydrogen-bond donors (Lipinski definition) is 2. The van der Waals surface area contributed by atoms with Crippen molar-refractivity contribution in [3.63, 3.8) is 0 Å². The summed E-state index contributed by atoms with van der Waals surface area (Å²) in [6, 6.07) is 6.71. The molecule has 0 bridgehead atoms. The van der Waals surface area contributed by atoms with Gasteiger partial charge in [-0.05, 0) is 17.7 Å². The van der Waals surface area contributed by atoms with Crippen molar-refractivity contribution in [1.82, 2.24) is 10.5 Å². The molecule has 0 radical (unpaired) electrons. The number of carbonyl (C=O) groups excluding carboxylic acids is 1. The van der Waals surface area contributed by atoms with Gasteiger partial charge in [-0.2, -0.15) is 0 Å². The van der Waals surface area contributed by atoms with E-state index in [2.05, 4.69) is 20.3 Å².